The Labute approximate surface area is 134 Å². The topological polar surface area (TPSA) is 54.9 Å². The molecule has 0 unspecified atom stereocenters. The van der Waals surface area contributed by atoms with Gasteiger partial charge in [-0.05, 0) is 35.4 Å². The van der Waals surface area contributed by atoms with Crippen LogP contribution in [-0.4, -0.2) is 19.8 Å². The smallest absolute Gasteiger partial charge is 0.231 e. The Hall–Kier alpha value is -2.76. The van der Waals surface area contributed by atoms with Gasteiger partial charge in [-0.25, -0.2) is 4.39 Å². The van der Waals surface area contributed by atoms with Crippen LogP contribution in [0.3, 0.4) is 0 Å². The molecule has 0 atom stereocenters. The lowest BCUT2D eigenvalue weighted by Gasteiger charge is -2.12. The number of ether oxygens (including phenoxy) is 2. The van der Waals surface area contributed by atoms with E-state index in [4.69, 9.17) is 9.47 Å². The third-order valence-corrected chi connectivity index (χ3v) is 3.47. The first-order valence-electron chi connectivity index (χ1n) is 7.32. The summed E-state index contributed by atoms with van der Waals surface area (Å²) < 4.78 is 23.8. The molecule has 0 spiro atoms. The molecule has 0 aliphatic carbocycles. The van der Waals surface area contributed by atoms with E-state index in [1.807, 2.05) is 24.3 Å². The maximum absolute atomic E-state index is 13.2. The summed E-state index contributed by atoms with van der Waals surface area (Å²) in [5.41, 5.74) is 1.92. The monoisotopic (exact) mass is 315 g/mol. The molecule has 0 fully saturated rings. The average molecular weight is 315 g/mol. The maximum Gasteiger partial charge on any atom is 0.231 e. The molecule has 0 saturated heterocycles. The maximum atomic E-state index is 13.2. The van der Waals surface area contributed by atoms with E-state index in [2.05, 4.69) is 15.6 Å². The molecule has 120 valence electrons. The Balaban J connectivity index is 1.53. The van der Waals surface area contributed by atoms with Crippen LogP contribution in [0.1, 0.15) is 11.1 Å². The zero-order valence-corrected chi connectivity index (χ0v) is 12.8. The number of benzene rings is 2. The van der Waals surface area contributed by atoms with Crippen LogP contribution in [0.4, 0.5) is 4.39 Å². The minimum atomic E-state index is -0.243. The molecular weight excluding hydrogens is 297 g/mol. The van der Waals surface area contributed by atoms with Gasteiger partial charge in [0.25, 0.3) is 0 Å². The van der Waals surface area contributed by atoms with Crippen LogP contribution in [0, 0.1) is 5.82 Å². The summed E-state index contributed by atoms with van der Waals surface area (Å²) in [7, 11) is 1.69. The van der Waals surface area contributed by atoms with Gasteiger partial charge in [-0.15, -0.1) is 0 Å². The van der Waals surface area contributed by atoms with E-state index < -0.39 is 0 Å². The molecule has 5 nitrogen and oxygen atoms in total. The summed E-state index contributed by atoms with van der Waals surface area (Å²) in [6.07, 6.45) is 0. The number of nitrogens with one attached hydrogen (secondary N) is 2. The molecule has 2 aromatic carbocycles. The van der Waals surface area contributed by atoms with Crippen molar-refractivity contribution >= 4 is 5.96 Å². The number of nitrogens with zero attached hydrogens (tertiary/aromatic N) is 1. The molecule has 1 aliphatic rings. The van der Waals surface area contributed by atoms with Gasteiger partial charge in [-0.3, -0.25) is 4.99 Å². The summed E-state index contributed by atoms with van der Waals surface area (Å²) >= 11 is 0. The van der Waals surface area contributed by atoms with E-state index in [1.165, 1.54) is 12.1 Å². The van der Waals surface area contributed by atoms with Crippen LogP contribution in [0.25, 0.3) is 0 Å². The van der Waals surface area contributed by atoms with Gasteiger partial charge in [-0.2, -0.15) is 0 Å². The van der Waals surface area contributed by atoms with Crippen LogP contribution >= 0.6 is 0 Å². The molecule has 3 rings (SSSR count). The van der Waals surface area contributed by atoms with Crippen molar-refractivity contribution in [1.82, 2.24) is 10.6 Å². The first-order valence-corrected chi connectivity index (χ1v) is 7.32. The first-order chi connectivity index (χ1) is 11.2. The normalized spacial score (nSPS) is 13.0. The molecule has 2 N–H and O–H groups in total. The Bertz CT molecular complexity index is 719. The molecule has 0 aromatic heterocycles. The summed E-state index contributed by atoms with van der Waals surface area (Å²) in [6, 6.07) is 12.3. The second-order valence-electron chi connectivity index (χ2n) is 5.10. The largest absolute Gasteiger partial charge is 0.454 e. The van der Waals surface area contributed by atoms with Gasteiger partial charge in [0, 0.05) is 20.1 Å². The molecule has 2 aromatic rings. The zero-order valence-electron chi connectivity index (χ0n) is 12.8. The highest BCUT2D eigenvalue weighted by atomic mass is 19.1. The SMILES string of the molecule is CN=C(NCc1cccc(F)c1)NCc1ccc2c(c1)OCO2. The van der Waals surface area contributed by atoms with E-state index in [1.54, 1.807) is 13.1 Å². The number of hydrogen-bond acceptors (Lipinski definition) is 3. The quantitative estimate of drug-likeness (QED) is 0.672. The third-order valence-electron chi connectivity index (χ3n) is 3.47. The lowest BCUT2D eigenvalue weighted by Crippen LogP contribution is -2.36. The van der Waals surface area contributed by atoms with Gasteiger partial charge in [0.05, 0.1) is 0 Å². The predicted octanol–water partition coefficient (Wildman–Crippen LogP) is 2.42. The lowest BCUT2D eigenvalue weighted by molar-refractivity contribution is 0.174. The van der Waals surface area contributed by atoms with E-state index in [0.717, 1.165) is 22.6 Å². The van der Waals surface area contributed by atoms with Crippen molar-refractivity contribution in [3.8, 4) is 11.5 Å². The minimum Gasteiger partial charge on any atom is -0.454 e. The Morgan fingerprint density at radius 2 is 1.78 bits per heavy atom. The molecule has 0 amide bonds. The van der Waals surface area contributed by atoms with E-state index in [0.29, 0.717) is 19.0 Å². The number of guanidine groups is 1. The van der Waals surface area contributed by atoms with Crippen molar-refractivity contribution in [2.24, 2.45) is 4.99 Å². The highest BCUT2D eigenvalue weighted by Crippen LogP contribution is 2.32. The summed E-state index contributed by atoms with van der Waals surface area (Å²) in [4.78, 5) is 4.16. The van der Waals surface area contributed by atoms with Crippen molar-refractivity contribution < 1.29 is 13.9 Å². The molecule has 0 saturated carbocycles. The Morgan fingerprint density at radius 1 is 1.04 bits per heavy atom. The molecule has 6 heteroatoms. The Morgan fingerprint density at radius 3 is 2.52 bits per heavy atom. The van der Waals surface area contributed by atoms with Crippen molar-refractivity contribution in [1.29, 1.82) is 0 Å². The first kappa shape index (κ1) is 15.1. The van der Waals surface area contributed by atoms with Gasteiger partial charge in [-0.1, -0.05) is 18.2 Å². The van der Waals surface area contributed by atoms with Crippen molar-refractivity contribution in [2.75, 3.05) is 13.8 Å². The van der Waals surface area contributed by atoms with E-state index in [-0.39, 0.29) is 12.6 Å². The fraction of sp³-hybridized carbons (Fsp3) is 0.235. The number of halogens is 1. The number of fused-ring (bicyclic) bond motifs is 1. The highest BCUT2D eigenvalue weighted by molar-refractivity contribution is 5.79. The fourth-order valence-electron chi connectivity index (χ4n) is 2.29. The van der Waals surface area contributed by atoms with Crippen molar-refractivity contribution in [3.05, 3.63) is 59.4 Å². The van der Waals surface area contributed by atoms with Crippen molar-refractivity contribution in [2.45, 2.75) is 13.1 Å². The van der Waals surface area contributed by atoms with Gasteiger partial charge in [0.1, 0.15) is 5.82 Å². The fourth-order valence-corrected chi connectivity index (χ4v) is 2.29. The number of rotatable bonds is 4. The number of hydrogen-bond donors (Lipinski definition) is 2. The Kier molecular flexibility index (Phi) is 4.61. The number of aliphatic imine (C=N–C) groups is 1. The average Bonchev–Trinajstić information content (AvgIpc) is 3.03. The van der Waals surface area contributed by atoms with Gasteiger partial charge in [0.15, 0.2) is 17.5 Å². The van der Waals surface area contributed by atoms with Crippen molar-refractivity contribution in [3.63, 3.8) is 0 Å². The molecule has 0 radical (unpaired) electrons. The van der Waals surface area contributed by atoms with Crippen LogP contribution in [0.5, 0.6) is 11.5 Å². The molecular formula is C17H18FN3O2. The summed E-state index contributed by atoms with van der Waals surface area (Å²) in [5, 5.41) is 6.36. The van der Waals surface area contributed by atoms with E-state index >= 15 is 0 Å². The second kappa shape index (κ2) is 7.00. The lowest BCUT2D eigenvalue weighted by atomic mass is 10.2. The second-order valence-corrected chi connectivity index (χ2v) is 5.10. The predicted molar refractivity (Wildman–Crippen MR) is 86.0 cm³/mol. The molecule has 1 heterocycles. The standard InChI is InChI=1S/C17H18FN3O2/c1-19-17(20-9-12-3-2-4-14(18)7-12)21-10-13-5-6-15-16(8-13)23-11-22-15/h2-8H,9-11H2,1H3,(H2,19,20,21). The third kappa shape index (κ3) is 3.91. The molecule has 1 aliphatic heterocycles. The summed E-state index contributed by atoms with van der Waals surface area (Å²) in [6.45, 7) is 1.36. The van der Waals surface area contributed by atoms with Crippen LogP contribution in [-0.2, 0) is 13.1 Å². The van der Waals surface area contributed by atoms with Gasteiger partial charge in [0.2, 0.25) is 6.79 Å². The molecule has 23 heavy (non-hydrogen) atoms. The summed E-state index contributed by atoms with van der Waals surface area (Å²) in [5.74, 6) is 1.92. The minimum absolute atomic E-state index is 0.243. The van der Waals surface area contributed by atoms with Gasteiger partial charge < -0.3 is 20.1 Å². The highest BCUT2D eigenvalue weighted by Gasteiger charge is 2.13. The molecule has 0 bridgehead atoms. The van der Waals surface area contributed by atoms with E-state index in [9.17, 15) is 4.39 Å². The van der Waals surface area contributed by atoms with Gasteiger partial charge >= 0.3 is 0 Å². The van der Waals surface area contributed by atoms with Crippen LogP contribution in [0.15, 0.2) is 47.5 Å². The van der Waals surface area contributed by atoms with Crippen LogP contribution in [0.2, 0.25) is 0 Å². The zero-order chi connectivity index (χ0) is 16.1. The van der Waals surface area contributed by atoms with Crippen LogP contribution < -0.4 is 20.1 Å².